The normalized spacial score (nSPS) is 10.4. The zero-order chi connectivity index (χ0) is 9.97. The molecule has 2 aromatic rings. The van der Waals surface area contributed by atoms with E-state index in [1.807, 2.05) is 47.2 Å². The van der Waals surface area contributed by atoms with Gasteiger partial charge in [-0.1, -0.05) is 23.7 Å². The van der Waals surface area contributed by atoms with Crippen molar-refractivity contribution in [3.8, 4) is 5.69 Å². The SMILES string of the molecule is NCc1ccc(-n2cccc2Cl)cc1. The van der Waals surface area contributed by atoms with Crippen LogP contribution in [0.1, 0.15) is 5.56 Å². The Morgan fingerprint density at radius 3 is 2.36 bits per heavy atom. The molecule has 0 amide bonds. The maximum Gasteiger partial charge on any atom is 0.113 e. The lowest BCUT2D eigenvalue weighted by molar-refractivity contribution is 1.05. The molecule has 0 aliphatic rings. The Balaban J connectivity index is 2.39. The molecule has 1 heterocycles. The highest BCUT2D eigenvalue weighted by molar-refractivity contribution is 6.29. The van der Waals surface area contributed by atoms with Crippen molar-refractivity contribution in [2.24, 2.45) is 5.73 Å². The molecular formula is C11H11ClN2. The predicted molar refractivity (Wildman–Crippen MR) is 58.7 cm³/mol. The van der Waals surface area contributed by atoms with Crippen LogP contribution in [-0.2, 0) is 6.54 Å². The van der Waals surface area contributed by atoms with Gasteiger partial charge in [0.1, 0.15) is 5.15 Å². The van der Waals surface area contributed by atoms with E-state index in [0.717, 1.165) is 11.3 Å². The minimum Gasteiger partial charge on any atom is -0.326 e. The van der Waals surface area contributed by atoms with E-state index < -0.39 is 0 Å². The van der Waals surface area contributed by atoms with Crippen LogP contribution in [0.4, 0.5) is 0 Å². The molecule has 0 saturated heterocycles. The fourth-order valence-electron chi connectivity index (χ4n) is 1.36. The van der Waals surface area contributed by atoms with Gasteiger partial charge in [-0.25, -0.2) is 0 Å². The Morgan fingerprint density at radius 2 is 1.86 bits per heavy atom. The monoisotopic (exact) mass is 206 g/mol. The van der Waals surface area contributed by atoms with Gasteiger partial charge in [0, 0.05) is 18.4 Å². The average Bonchev–Trinajstić information content (AvgIpc) is 2.65. The lowest BCUT2D eigenvalue weighted by Gasteiger charge is -2.05. The summed E-state index contributed by atoms with van der Waals surface area (Å²) in [5.74, 6) is 0. The number of halogens is 1. The van der Waals surface area contributed by atoms with Crippen LogP contribution >= 0.6 is 11.6 Å². The highest BCUT2D eigenvalue weighted by atomic mass is 35.5. The first-order valence-electron chi connectivity index (χ1n) is 4.43. The minimum atomic E-state index is 0.569. The van der Waals surface area contributed by atoms with E-state index in [0.29, 0.717) is 11.7 Å². The van der Waals surface area contributed by atoms with Crippen LogP contribution in [-0.4, -0.2) is 4.57 Å². The standard InChI is InChI=1S/C11H11ClN2/c12-11-2-1-7-14(11)10-5-3-9(8-13)4-6-10/h1-7H,8,13H2. The van der Waals surface area contributed by atoms with Crippen LogP contribution in [0.15, 0.2) is 42.6 Å². The van der Waals surface area contributed by atoms with Crippen LogP contribution in [0.2, 0.25) is 5.15 Å². The van der Waals surface area contributed by atoms with Gasteiger partial charge in [0.05, 0.1) is 0 Å². The van der Waals surface area contributed by atoms with Gasteiger partial charge in [-0.15, -0.1) is 0 Å². The van der Waals surface area contributed by atoms with Crippen molar-refractivity contribution in [2.45, 2.75) is 6.54 Å². The van der Waals surface area contributed by atoms with Crippen molar-refractivity contribution in [1.29, 1.82) is 0 Å². The summed E-state index contributed by atoms with van der Waals surface area (Å²) in [6.45, 7) is 0.569. The van der Waals surface area contributed by atoms with E-state index in [1.165, 1.54) is 0 Å². The molecule has 2 rings (SSSR count). The molecule has 0 radical (unpaired) electrons. The molecule has 0 atom stereocenters. The molecular weight excluding hydrogens is 196 g/mol. The fourth-order valence-corrected chi connectivity index (χ4v) is 1.59. The maximum absolute atomic E-state index is 5.99. The lowest BCUT2D eigenvalue weighted by atomic mass is 10.2. The first kappa shape index (κ1) is 9.31. The number of hydrogen-bond acceptors (Lipinski definition) is 1. The van der Waals surface area contributed by atoms with E-state index in [-0.39, 0.29) is 0 Å². The van der Waals surface area contributed by atoms with Crippen LogP contribution in [0.25, 0.3) is 5.69 Å². The number of nitrogens with zero attached hydrogens (tertiary/aromatic N) is 1. The smallest absolute Gasteiger partial charge is 0.113 e. The van der Waals surface area contributed by atoms with Crippen molar-refractivity contribution in [2.75, 3.05) is 0 Å². The second-order valence-corrected chi connectivity index (χ2v) is 3.46. The Hall–Kier alpha value is -1.25. The highest BCUT2D eigenvalue weighted by Gasteiger charge is 1.99. The number of rotatable bonds is 2. The van der Waals surface area contributed by atoms with Crippen LogP contribution in [0.5, 0.6) is 0 Å². The molecule has 0 aliphatic carbocycles. The quantitative estimate of drug-likeness (QED) is 0.805. The molecule has 0 saturated carbocycles. The van der Waals surface area contributed by atoms with Gasteiger partial charge >= 0.3 is 0 Å². The van der Waals surface area contributed by atoms with Gasteiger partial charge in [-0.2, -0.15) is 0 Å². The molecule has 3 heteroatoms. The highest BCUT2D eigenvalue weighted by Crippen LogP contribution is 2.17. The first-order valence-corrected chi connectivity index (χ1v) is 4.81. The van der Waals surface area contributed by atoms with Gasteiger partial charge in [0.15, 0.2) is 0 Å². The van der Waals surface area contributed by atoms with Crippen LogP contribution in [0.3, 0.4) is 0 Å². The van der Waals surface area contributed by atoms with Gasteiger partial charge in [0.2, 0.25) is 0 Å². The minimum absolute atomic E-state index is 0.569. The third-order valence-corrected chi connectivity index (χ3v) is 2.46. The molecule has 0 fully saturated rings. The van der Waals surface area contributed by atoms with E-state index in [1.54, 1.807) is 0 Å². The summed E-state index contributed by atoms with van der Waals surface area (Å²) in [5, 5.41) is 0.713. The second kappa shape index (κ2) is 3.86. The zero-order valence-corrected chi connectivity index (χ0v) is 8.41. The number of nitrogens with two attached hydrogens (primary N) is 1. The molecule has 72 valence electrons. The number of hydrogen-bond donors (Lipinski definition) is 1. The summed E-state index contributed by atoms with van der Waals surface area (Å²) in [4.78, 5) is 0. The van der Waals surface area contributed by atoms with Crippen molar-refractivity contribution in [3.05, 3.63) is 53.3 Å². The predicted octanol–water partition coefficient (Wildman–Crippen LogP) is 2.59. The Morgan fingerprint density at radius 1 is 1.14 bits per heavy atom. The molecule has 0 aliphatic heterocycles. The average molecular weight is 207 g/mol. The Labute approximate surface area is 87.9 Å². The Kier molecular flexibility index (Phi) is 2.57. The molecule has 14 heavy (non-hydrogen) atoms. The van der Waals surface area contributed by atoms with Crippen molar-refractivity contribution >= 4 is 11.6 Å². The van der Waals surface area contributed by atoms with E-state index >= 15 is 0 Å². The zero-order valence-electron chi connectivity index (χ0n) is 7.65. The summed E-state index contributed by atoms with van der Waals surface area (Å²) in [5.41, 5.74) is 7.69. The molecule has 2 N–H and O–H groups in total. The maximum atomic E-state index is 5.99. The van der Waals surface area contributed by atoms with Crippen molar-refractivity contribution in [1.82, 2.24) is 4.57 Å². The van der Waals surface area contributed by atoms with Gasteiger partial charge in [-0.3, -0.25) is 0 Å². The van der Waals surface area contributed by atoms with Crippen molar-refractivity contribution in [3.63, 3.8) is 0 Å². The topological polar surface area (TPSA) is 30.9 Å². The second-order valence-electron chi connectivity index (χ2n) is 3.07. The van der Waals surface area contributed by atoms with E-state index in [9.17, 15) is 0 Å². The molecule has 0 bridgehead atoms. The fraction of sp³-hybridized carbons (Fsp3) is 0.0909. The molecule has 1 aromatic heterocycles. The van der Waals surface area contributed by atoms with Crippen LogP contribution in [0, 0.1) is 0 Å². The number of benzene rings is 1. The summed E-state index contributed by atoms with van der Waals surface area (Å²) < 4.78 is 1.92. The molecule has 0 spiro atoms. The van der Waals surface area contributed by atoms with Gasteiger partial charge < -0.3 is 10.3 Å². The molecule has 1 aromatic carbocycles. The van der Waals surface area contributed by atoms with Gasteiger partial charge in [-0.05, 0) is 29.8 Å². The summed E-state index contributed by atoms with van der Waals surface area (Å²) in [7, 11) is 0. The number of aromatic nitrogens is 1. The third-order valence-electron chi connectivity index (χ3n) is 2.15. The Bertz CT molecular complexity index is 417. The van der Waals surface area contributed by atoms with E-state index in [4.69, 9.17) is 17.3 Å². The van der Waals surface area contributed by atoms with Crippen molar-refractivity contribution < 1.29 is 0 Å². The van der Waals surface area contributed by atoms with Crippen LogP contribution < -0.4 is 5.73 Å². The summed E-state index contributed by atoms with van der Waals surface area (Å²) in [6.07, 6.45) is 1.93. The summed E-state index contributed by atoms with van der Waals surface area (Å²) in [6, 6.07) is 11.8. The lowest BCUT2D eigenvalue weighted by Crippen LogP contribution is -1.97. The van der Waals surface area contributed by atoms with Gasteiger partial charge in [0.25, 0.3) is 0 Å². The summed E-state index contributed by atoms with van der Waals surface area (Å²) >= 11 is 5.99. The molecule has 0 unspecified atom stereocenters. The third kappa shape index (κ3) is 1.67. The van der Waals surface area contributed by atoms with E-state index in [2.05, 4.69) is 0 Å². The first-order chi connectivity index (χ1) is 6.81. The largest absolute Gasteiger partial charge is 0.326 e. The molecule has 2 nitrogen and oxygen atoms in total.